The summed E-state index contributed by atoms with van der Waals surface area (Å²) in [5.41, 5.74) is 0.860. The highest BCUT2D eigenvalue weighted by Crippen LogP contribution is 2.30. The topological polar surface area (TPSA) is 93.8 Å². The van der Waals surface area contributed by atoms with Crippen LogP contribution in [-0.4, -0.2) is 42.9 Å². The largest absolute Gasteiger partial charge is 0.493 e. The zero-order valence-corrected chi connectivity index (χ0v) is 19.4. The maximum atomic E-state index is 5.62. The molecule has 156 valence electrons. The summed E-state index contributed by atoms with van der Waals surface area (Å²) >= 11 is 0. The van der Waals surface area contributed by atoms with Crippen molar-refractivity contribution >= 4 is 35.6 Å². The van der Waals surface area contributed by atoms with Crippen LogP contribution in [-0.2, 0) is 6.42 Å². The summed E-state index contributed by atoms with van der Waals surface area (Å²) in [6, 6.07) is 5.67. The molecule has 1 heterocycles. The predicted molar refractivity (Wildman–Crippen MR) is 121 cm³/mol. The predicted octanol–water partition coefficient (Wildman–Crippen LogP) is 3.84. The quantitative estimate of drug-likeness (QED) is 0.305. The average Bonchev–Trinajstić information content (AvgIpc) is 3.12. The van der Waals surface area contributed by atoms with Gasteiger partial charge in [-0.2, -0.15) is 4.98 Å². The molecule has 0 aliphatic rings. The second-order valence-corrected chi connectivity index (χ2v) is 6.14. The Morgan fingerprint density at radius 1 is 1.25 bits per heavy atom. The van der Waals surface area contributed by atoms with E-state index >= 15 is 0 Å². The van der Waals surface area contributed by atoms with E-state index in [1.807, 2.05) is 45.9 Å². The number of aliphatic imine (C=N–C) groups is 1. The number of hydrogen-bond acceptors (Lipinski definition) is 6. The molecule has 0 saturated carbocycles. The highest BCUT2D eigenvalue weighted by atomic mass is 127. The van der Waals surface area contributed by atoms with Crippen molar-refractivity contribution in [3.05, 3.63) is 29.9 Å². The van der Waals surface area contributed by atoms with E-state index in [2.05, 4.69) is 25.8 Å². The maximum absolute atomic E-state index is 5.62. The summed E-state index contributed by atoms with van der Waals surface area (Å²) in [6.45, 7) is 9.87. The molecule has 0 aliphatic carbocycles. The lowest BCUT2D eigenvalue weighted by Gasteiger charge is -2.14. The molecule has 8 nitrogen and oxygen atoms in total. The van der Waals surface area contributed by atoms with Gasteiger partial charge in [0.1, 0.15) is 0 Å². The molecule has 9 heteroatoms. The van der Waals surface area contributed by atoms with Gasteiger partial charge < -0.3 is 24.6 Å². The van der Waals surface area contributed by atoms with Crippen LogP contribution in [0.4, 0.5) is 5.69 Å². The van der Waals surface area contributed by atoms with Crippen LogP contribution in [0.3, 0.4) is 0 Å². The first-order valence-electron chi connectivity index (χ1n) is 9.26. The van der Waals surface area contributed by atoms with E-state index < -0.39 is 0 Å². The van der Waals surface area contributed by atoms with Gasteiger partial charge in [-0.05, 0) is 26.0 Å². The van der Waals surface area contributed by atoms with Crippen molar-refractivity contribution in [1.29, 1.82) is 0 Å². The zero-order valence-electron chi connectivity index (χ0n) is 17.1. The summed E-state index contributed by atoms with van der Waals surface area (Å²) < 4.78 is 16.2. The molecule has 0 saturated heterocycles. The molecule has 2 aromatic rings. The molecular formula is C19H30IN5O3. The third kappa shape index (κ3) is 7.17. The Balaban J connectivity index is 0.00000392. The normalized spacial score (nSPS) is 11.1. The number of halogens is 1. The molecule has 2 rings (SSSR count). The first kappa shape index (κ1) is 24.0. The van der Waals surface area contributed by atoms with Crippen molar-refractivity contribution in [3.8, 4) is 11.5 Å². The molecule has 0 radical (unpaired) electrons. The molecule has 28 heavy (non-hydrogen) atoms. The molecule has 0 atom stereocenters. The molecule has 0 bridgehead atoms. The average molecular weight is 503 g/mol. The van der Waals surface area contributed by atoms with Gasteiger partial charge in [-0.25, -0.2) is 0 Å². The molecule has 0 amide bonds. The van der Waals surface area contributed by atoms with E-state index in [4.69, 9.17) is 14.0 Å². The first-order valence-corrected chi connectivity index (χ1v) is 9.26. The van der Waals surface area contributed by atoms with E-state index in [0.717, 1.165) is 18.1 Å². The first-order chi connectivity index (χ1) is 13.1. The van der Waals surface area contributed by atoms with Crippen molar-refractivity contribution in [2.24, 2.45) is 4.99 Å². The Morgan fingerprint density at radius 2 is 2.04 bits per heavy atom. The Labute approximate surface area is 183 Å². The second-order valence-electron chi connectivity index (χ2n) is 6.14. The number of aromatic nitrogens is 2. The van der Waals surface area contributed by atoms with E-state index in [1.54, 1.807) is 7.11 Å². The number of nitrogens with zero attached hydrogens (tertiary/aromatic N) is 3. The van der Waals surface area contributed by atoms with Gasteiger partial charge in [-0.1, -0.05) is 19.0 Å². The molecular weight excluding hydrogens is 473 g/mol. The third-order valence-electron chi connectivity index (χ3n) is 3.67. The highest BCUT2D eigenvalue weighted by molar-refractivity contribution is 14.0. The summed E-state index contributed by atoms with van der Waals surface area (Å²) in [7, 11) is 1.62. The SMILES string of the molecule is CCNC(=NCCc1nc(C(C)C)no1)Nc1ccc(OC)c(OCC)c1.I. The van der Waals surface area contributed by atoms with Gasteiger partial charge in [-0.3, -0.25) is 4.99 Å². The summed E-state index contributed by atoms with van der Waals surface area (Å²) in [5.74, 6) is 3.63. The van der Waals surface area contributed by atoms with Gasteiger partial charge >= 0.3 is 0 Å². The second kappa shape index (κ2) is 12.4. The molecule has 0 spiro atoms. The fourth-order valence-electron chi connectivity index (χ4n) is 2.33. The molecule has 0 unspecified atom stereocenters. The number of hydrogen-bond donors (Lipinski definition) is 2. The third-order valence-corrected chi connectivity index (χ3v) is 3.67. The van der Waals surface area contributed by atoms with E-state index in [9.17, 15) is 0 Å². The van der Waals surface area contributed by atoms with Crippen LogP contribution >= 0.6 is 24.0 Å². The molecule has 1 aromatic carbocycles. The van der Waals surface area contributed by atoms with Crippen LogP contribution < -0.4 is 20.1 Å². The molecule has 0 aliphatic heterocycles. The summed E-state index contributed by atoms with van der Waals surface area (Å²) in [6.07, 6.45) is 0.586. The summed E-state index contributed by atoms with van der Waals surface area (Å²) in [5, 5.41) is 10.5. The Hall–Kier alpha value is -2.04. The van der Waals surface area contributed by atoms with Gasteiger partial charge in [0, 0.05) is 30.6 Å². The number of guanidine groups is 1. The van der Waals surface area contributed by atoms with Crippen LogP contribution in [0, 0.1) is 0 Å². The monoisotopic (exact) mass is 503 g/mol. The van der Waals surface area contributed by atoms with Crippen molar-refractivity contribution < 1.29 is 14.0 Å². The van der Waals surface area contributed by atoms with Crippen molar-refractivity contribution in [2.45, 2.75) is 40.0 Å². The van der Waals surface area contributed by atoms with Crippen LogP contribution in [0.1, 0.15) is 45.3 Å². The van der Waals surface area contributed by atoms with Crippen molar-refractivity contribution in [3.63, 3.8) is 0 Å². The maximum Gasteiger partial charge on any atom is 0.228 e. The van der Waals surface area contributed by atoms with E-state index in [1.165, 1.54) is 0 Å². The Morgan fingerprint density at radius 3 is 2.64 bits per heavy atom. The van der Waals surface area contributed by atoms with E-state index in [-0.39, 0.29) is 29.9 Å². The number of nitrogens with one attached hydrogen (secondary N) is 2. The summed E-state index contributed by atoms with van der Waals surface area (Å²) in [4.78, 5) is 8.94. The fraction of sp³-hybridized carbons (Fsp3) is 0.526. The minimum absolute atomic E-state index is 0. The van der Waals surface area contributed by atoms with Crippen molar-refractivity contribution in [2.75, 3.05) is 32.1 Å². The smallest absolute Gasteiger partial charge is 0.228 e. The van der Waals surface area contributed by atoms with Gasteiger partial charge in [0.05, 0.1) is 20.3 Å². The van der Waals surface area contributed by atoms with Gasteiger partial charge in [0.15, 0.2) is 23.3 Å². The zero-order chi connectivity index (χ0) is 19.6. The lowest BCUT2D eigenvalue weighted by molar-refractivity contribution is 0.311. The Bertz CT molecular complexity index is 749. The van der Waals surface area contributed by atoms with E-state index in [0.29, 0.717) is 42.9 Å². The van der Waals surface area contributed by atoms with Crippen LogP contribution in [0.2, 0.25) is 0 Å². The molecule has 1 aromatic heterocycles. The number of anilines is 1. The highest BCUT2D eigenvalue weighted by Gasteiger charge is 2.10. The molecule has 0 fully saturated rings. The number of methoxy groups -OCH3 is 1. The van der Waals surface area contributed by atoms with Crippen LogP contribution in [0.15, 0.2) is 27.7 Å². The molecule has 2 N–H and O–H groups in total. The Kier molecular flexibility index (Phi) is 10.6. The lowest BCUT2D eigenvalue weighted by atomic mass is 10.2. The number of benzene rings is 1. The minimum Gasteiger partial charge on any atom is -0.493 e. The van der Waals surface area contributed by atoms with Gasteiger partial charge in [0.25, 0.3) is 0 Å². The number of ether oxygens (including phenoxy) is 2. The number of rotatable bonds is 9. The van der Waals surface area contributed by atoms with Gasteiger partial charge in [-0.15, -0.1) is 24.0 Å². The van der Waals surface area contributed by atoms with Gasteiger partial charge in [0.2, 0.25) is 5.89 Å². The standard InChI is InChI=1S/C19H29N5O3.HI/c1-6-20-19(21-11-10-17-23-18(13(3)4)24-27-17)22-14-8-9-15(25-5)16(12-14)26-7-2;/h8-9,12-13H,6-7,10-11H2,1-5H3,(H2,20,21,22);1H. The van der Waals surface area contributed by atoms with Crippen LogP contribution in [0.5, 0.6) is 11.5 Å². The lowest BCUT2D eigenvalue weighted by Crippen LogP contribution is -2.30. The van der Waals surface area contributed by atoms with Crippen LogP contribution in [0.25, 0.3) is 0 Å². The minimum atomic E-state index is 0. The van der Waals surface area contributed by atoms with Crippen molar-refractivity contribution in [1.82, 2.24) is 15.5 Å². The fourth-order valence-corrected chi connectivity index (χ4v) is 2.33.